The van der Waals surface area contributed by atoms with E-state index in [4.69, 9.17) is 21.1 Å². The number of phenolic OH excluding ortho intramolecular Hbond substituents is 1. The molecule has 0 spiro atoms. The van der Waals surface area contributed by atoms with E-state index in [1.165, 1.54) is 23.1 Å². The Labute approximate surface area is 263 Å². The molecule has 0 bridgehead atoms. The number of halogens is 1. The Balaban J connectivity index is 1.31. The van der Waals surface area contributed by atoms with Gasteiger partial charge in [-0.1, -0.05) is 41.9 Å². The lowest BCUT2D eigenvalue weighted by Crippen LogP contribution is -2.56. The number of nitrogens with one attached hydrogen (secondary N) is 2. The van der Waals surface area contributed by atoms with Crippen LogP contribution in [-0.2, 0) is 37.4 Å². The largest absolute Gasteiger partial charge is 0.507 e. The molecule has 3 heterocycles. The Bertz CT molecular complexity index is 1800. The third kappa shape index (κ3) is 7.26. The van der Waals surface area contributed by atoms with Gasteiger partial charge >= 0.3 is 6.09 Å². The highest BCUT2D eigenvalue weighted by Crippen LogP contribution is 2.34. The van der Waals surface area contributed by atoms with Gasteiger partial charge in [0.25, 0.3) is 10.0 Å². The number of nitrogens with zero attached hydrogens (tertiary/aromatic N) is 3. The molecule has 2 amide bonds. The fourth-order valence-electron chi connectivity index (χ4n) is 4.70. The molecule has 1 saturated heterocycles. The summed E-state index contributed by atoms with van der Waals surface area (Å²) >= 11 is 6.84. The summed E-state index contributed by atoms with van der Waals surface area (Å²) in [5.74, 6) is -0.506. The van der Waals surface area contributed by atoms with E-state index in [-0.39, 0.29) is 53.3 Å². The van der Waals surface area contributed by atoms with Gasteiger partial charge in [0.2, 0.25) is 5.91 Å². The van der Waals surface area contributed by atoms with Crippen molar-refractivity contribution >= 4 is 61.7 Å². The normalized spacial score (nSPS) is 15.7. The van der Waals surface area contributed by atoms with Crippen molar-refractivity contribution in [1.29, 1.82) is 0 Å². The number of thiophene rings is 1. The van der Waals surface area contributed by atoms with Crippen LogP contribution in [0.1, 0.15) is 31.9 Å². The molecule has 1 unspecified atom stereocenters. The summed E-state index contributed by atoms with van der Waals surface area (Å²) in [4.78, 5) is 27.2. The van der Waals surface area contributed by atoms with Crippen LogP contribution in [0.25, 0.3) is 10.9 Å². The Kier molecular flexibility index (Phi) is 9.07. The van der Waals surface area contributed by atoms with Crippen molar-refractivity contribution in [1.82, 2.24) is 20.0 Å². The van der Waals surface area contributed by atoms with Gasteiger partial charge in [-0.05, 0) is 56.2 Å². The fourth-order valence-corrected chi connectivity index (χ4v) is 7.19. The van der Waals surface area contributed by atoms with Crippen molar-refractivity contribution in [3.8, 4) is 5.75 Å². The number of carbonyl (C=O) groups excluding carboxylic acids is 2. The average molecular weight is 662 g/mol. The van der Waals surface area contributed by atoms with Crippen molar-refractivity contribution in [2.75, 3.05) is 24.5 Å². The minimum Gasteiger partial charge on any atom is -0.507 e. The number of amides is 2. The molecule has 15 heteroatoms. The van der Waals surface area contributed by atoms with Gasteiger partial charge in [0, 0.05) is 13.1 Å². The highest BCUT2D eigenvalue weighted by atomic mass is 35.5. The molecule has 0 saturated carbocycles. The summed E-state index contributed by atoms with van der Waals surface area (Å²) < 4.78 is 41.3. The first-order valence-electron chi connectivity index (χ1n) is 13.7. The molecule has 2 aromatic carbocycles. The van der Waals surface area contributed by atoms with Gasteiger partial charge in [-0.2, -0.15) is 5.10 Å². The molecule has 4 aromatic rings. The quantitative estimate of drug-likeness (QED) is 0.249. The van der Waals surface area contributed by atoms with Crippen molar-refractivity contribution in [3.63, 3.8) is 0 Å². The molecule has 44 heavy (non-hydrogen) atoms. The highest BCUT2D eigenvalue weighted by Gasteiger charge is 2.35. The first-order chi connectivity index (χ1) is 20.8. The summed E-state index contributed by atoms with van der Waals surface area (Å²) in [7, 11) is -3.99. The van der Waals surface area contributed by atoms with Crippen LogP contribution in [0.2, 0.25) is 4.34 Å². The first-order valence-corrected chi connectivity index (χ1v) is 16.4. The molecule has 1 aliphatic heterocycles. The number of sulfonamides is 1. The van der Waals surface area contributed by atoms with Gasteiger partial charge in [-0.25, -0.2) is 13.2 Å². The number of rotatable bonds is 8. The number of phenols is 1. The maximum atomic E-state index is 13.1. The van der Waals surface area contributed by atoms with Gasteiger partial charge in [-0.15, -0.1) is 11.3 Å². The lowest BCUT2D eigenvalue weighted by Gasteiger charge is -2.35. The van der Waals surface area contributed by atoms with E-state index >= 15 is 0 Å². The maximum Gasteiger partial charge on any atom is 0.411 e. The Hall–Kier alpha value is -3.85. The van der Waals surface area contributed by atoms with Crippen molar-refractivity contribution in [2.24, 2.45) is 0 Å². The predicted molar refractivity (Wildman–Crippen MR) is 166 cm³/mol. The second kappa shape index (κ2) is 12.6. The summed E-state index contributed by atoms with van der Waals surface area (Å²) in [6.07, 6.45) is -0.568. The second-order valence-corrected chi connectivity index (χ2v) is 14.8. The molecular weight excluding hydrogens is 630 g/mol. The number of benzene rings is 2. The zero-order valence-electron chi connectivity index (χ0n) is 24.2. The van der Waals surface area contributed by atoms with E-state index in [1.807, 2.05) is 24.3 Å². The Morgan fingerprint density at radius 3 is 2.64 bits per heavy atom. The van der Waals surface area contributed by atoms with Gasteiger partial charge < -0.3 is 19.9 Å². The minimum absolute atomic E-state index is 0.0179. The van der Waals surface area contributed by atoms with Crippen LogP contribution in [0.15, 0.2) is 58.8 Å². The van der Waals surface area contributed by atoms with Gasteiger partial charge in [0.05, 0.1) is 35.0 Å². The number of fused-ring (bicyclic) bond motifs is 1. The third-order valence-corrected chi connectivity index (χ3v) is 9.71. The van der Waals surface area contributed by atoms with Crippen molar-refractivity contribution < 1.29 is 32.6 Å². The topological polar surface area (TPSA) is 152 Å². The van der Waals surface area contributed by atoms with E-state index in [0.717, 1.165) is 22.5 Å². The lowest BCUT2D eigenvalue weighted by atomic mass is 10.1. The third-order valence-electron chi connectivity index (χ3n) is 6.65. The molecule has 3 N–H and O–H groups in total. The molecule has 1 atom stereocenters. The number of morpholine rings is 1. The summed E-state index contributed by atoms with van der Waals surface area (Å²) in [6.45, 7) is 6.37. The molecule has 0 aliphatic carbocycles. The summed E-state index contributed by atoms with van der Waals surface area (Å²) in [5.41, 5.74) is 1.44. The van der Waals surface area contributed by atoms with Crippen LogP contribution in [0.3, 0.4) is 0 Å². The zero-order chi connectivity index (χ0) is 31.6. The second-order valence-electron chi connectivity index (χ2n) is 11.1. The molecule has 1 aliphatic rings. The average Bonchev–Trinajstić information content (AvgIpc) is 3.55. The fraction of sp³-hybridized carbons (Fsp3) is 0.345. The minimum atomic E-state index is -3.99. The van der Waals surface area contributed by atoms with Crippen LogP contribution in [-0.4, -0.2) is 71.6 Å². The molecule has 1 fully saturated rings. The predicted octanol–water partition coefficient (Wildman–Crippen LogP) is 4.56. The van der Waals surface area contributed by atoms with Gasteiger partial charge in [-0.3, -0.25) is 19.1 Å². The molecule has 234 valence electrons. The van der Waals surface area contributed by atoms with Crippen LogP contribution in [0.4, 0.5) is 10.6 Å². The molecule has 12 nitrogen and oxygen atoms in total. The standard InChI is InChI=1S/C29H32ClN5O7S2/c1-29(2,3)42-28(38)34-12-13-41-17-21(34)27(37)31-15-18-6-4-7-19(14-18)16-35-20-8-5-9-22(36)25(20)26(32-35)33-44(39,40)24-11-10-23(30)43-24/h4-11,14,21,36H,12-13,15-17H2,1-3H3,(H,31,37)(H,32,33). The van der Waals surface area contributed by atoms with Gasteiger partial charge in [0.15, 0.2) is 5.82 Å². The van der Waals surface area contributed by atoms with Gasteiger partial charge in [0.1, 0.15) is 21.6 Å². The number of aromatic nitrogens is 2. The zero-order valence-corrected chi connectivity index (χ0v) is 26.6. The smallest absolute Gasteiger partial charge is 0.411 e. The van der Waals surface area contributed by atoms with Crippen LogP contribution >= 0.6 is 22.9 Å². The molecule has 5 rings (SSSR count). The molecule has 0 radical (unpaired) electrons. The first kappa shape index (κ1) is 31.6. The molecule has 2 aromatic heterocycles. The van der Waals surface area contributed by atoms with Crippen LogP contribution in [0, 0.1) is 0 Å². The van der Waals surface area contributed by atoms with Crippen molar-refractivity contribution in [2.45, 2.75) is 49.7 Å². The Morgan fingerprint density at radius 2 is 1.91 bits per heavy atom. The monoisotopic (exact) mass is 661 g/mol. The highest BCUT2D eigenvalue weighted by molar-refractivity contribution is 7.94. The number of hydrogen-bond acceptors (Lipinski definition) is 9. The van der Waals surface area contributed by atoms with E-state index in [1.54, 1.807) is 37.6 Å². The van der Waals surface area contributed by atoms with Crippen molar-refractivity contribution in [3.05, 3.63) is 70.1 Å². The summed E-state index contributed by atoms with van der Waals surface area (Å²) in [5, 5.41) is 18.2. The van der Waals surface area contributed by atoms with E-state index in [2.05, 4.69) is 15.1 Å². The van der Waals surface area contributed by atoms with E-state index < -0.39 is 27.8 Å². The molecular formula is C29H32ClN5O7S2. The van der Waals surface area contributed by atoms with Crippen LogP contribution < -0.4 is 10.0 Å². The number of aromatic hydroxyl groups is 1. The summed E-state index contributed by atoms with van der Waals surface area (Å²) in [6, 6.07) is 14.3. The Morgan fingerprint density at radius 1 is 1.16 bits per heavy atom. The van der Waals surface area contributed by atoms with E-state index in [9.17, 15) is 23.1 Å². The maximum absolute atomic E-state index is 13.1. The SMILES string of the molecule is CC(C)(C)OC(=O)N1CCOCC1C(=O)NCc1cccc(Cn2nc(NS(=O)(=O)c3ccc(Cl)s3)c3c(O)cccc32)c1. The number of carbonyl (C=O) groups is 2. The number of hydrogen-bond donors (Lipinski definition) is 3. The number of ether oxygens (including phenoxy) is 2. The van der Waals surface area contributed by atoms with E-state index in [0.29, 0.717) is 16.5 Å². The lowest BCUT2D eigenvalue weighted by molar-refractivity contribution is -0.132. The number of anilines is 1. The van der Waals surface area contributed by atoms with Crippen LogP contribution in [0.5, 0.6) is 5.75 Å².